The molecule has 2 aromatic heterocycles. The van der Waals surface area contributed by atoms with E-state index in [1.54, 1.807) is 29.8 Å². The van der Waals surface area contributed by atoms with Crippen molar-refractivity contribution < 1.29 is 13.2 Å². The van der Waals surface area contributed by atoms with Gasteiger partial charge in [-0.3, -0.25) is 4.79 Å². The van der Waals surface area contributed by atoms with Gasteiger partial charge in [0.15, 0.2) is 5.13 Å². The fraction of sp³-hybridized carbons (Fsp3) is 0.353. The van der Waals surface area contributed by atoms with Crippen molar-refractivity contribution in [1.29, 1.82) is 0 Å². The quantitative estimate of drug-likeness (QED) is 0.648. The van der Waals surface area contributed by atoms with Crippen LogP contribution >= 0.6 is 11.3 Å². The number of nitrogens with one attached hydrogen (secondary N) is 1. The maximum atomic E-state index is 12.3. The fourth-order valence-electron chi connectivity index (χ4n) is 2.77. The molecule has 0 aliphatic carbocycles. The van der Waals surface area contributed by atoms with Gasteiger partial charge >= 0.3 is 0 Å². The van der Waals surface area contributed by atoms with E-state index in [1.165, 1.54) is 29.7 Å². The zero-order valence-corrected chi connectivity index (χ0v) is 17.0. The molecule has 3 rings (SSSR count). The number of imidazole rings is 1. The zero-order chi connectivity index (χ0) is 19.6. The Labute approximate surface area is 161 Å². The van der Waals surface area contributed by atoms with Gasteiger partial charge in [0, 0.05) is 45.1 Å². The van der Waals surface area contributed by atoms with E-state index in [0.717, 1.165) is 11.3 Å². The highest BCUT2D eigenvalue weighted by Crippen LogP contribution is 2.23. The van der Waals surface area contributed by atoms with Gasteiger partial charge in [-0.15, -0.1) is 11.3 Å². The molecule has 144 valence electrons. The number of nitrogens with zero attached hydrogens (tertiary/aromatic N) is 4. The Bertz CT molecular complexity index is 1060. The maximum absolute atomic E-state index is 12.3. The molecule has 1 N–H and O–H groups in total. The number of rotatable bonds is 7. The highest BCUT2D eigenvalue weighted by atomic mass is 32.2. The number of fused-ring (bicyclic) bond motifs is 1. The summed E-state index contributed by atoms with van der Waals surface area (Å²) < 4.78 is 27.8. The lowest BCUT2D eigenvalue weighted by molar-refractivity contribution is -0.116. The number of carbonyl (C=O) groups excluding carboxylic acids is 1. The van der Waals surface area contributed by atoms with Gasteiger partial charge in [0.2, 0.25) is 15.9 Å². The fourth-order valence-corrected chi connectivity index (χ4v) is 4.23. The van der Waals surface area contributed by atoms with Gasteiger partial charge in [-0.05, 0) is 25.1 Å². The summed E-state index contributed by atoms with van der Waals surface area (Å²) in [5.74, 6) is 0.622. The first-order valence-corrected chi connectivity index (χ1v) is 10.8. The Hall–Kier alpha value is -2.30. The summed E-state index contributed by atoms with van der Waals surface area (Å²) >= 11 is 1.37. The number of hydrogen-bond acceptors (Lipinski definition) is 6. The van der Waals surface area contributed by atoms with Crippen molar-refractivity contribution in [3.8, 4) is 0 Å². The smallest absolute Gasteiger partial charge is 0.242 e. The highest BCUT2D eigenvalue weighted by Gasteiger charge is 2.19. The second kappa shape index (κ2) is 7.75. The van der Waals surface area contributed by atoms with Crippen LogP contribution in [0.1, 0.15) is 19.2 Å². The lowest BCUT2D eigenvalue weighted by Gasteiger charge is -2.11. The lowest BCUT2D eigenvalue weighted by Crippen LogP contribution is -2.22. The maximum Gasteiger partial charge on any atom is 0.242 e. The van der Waals surface area contributed by atoms with E-state index in [9.17, 15) is 13.2 Å². The van der Waals surface area contributed by atoms with Gasteiger partial charge in [-0.25, -0.2) is 22.7 Å². The molecule has 0 radical (unpaired) electrons. The summed E-state index contributed by atoms with van der Waals surface area (Å²) in [5, 5.41) is 5.12. The van der Waals surface area contributed by atoms with Crippen molar-refractivity contribution in [1.82, 2.24) is 18.8 Å². The van der Waals surface area contributed by atoms with Crippen molar-refractivity contribution in [3.05, 3.63) is 35.6 Å². The van der Waals surface area contributed by atoms with Crippen molar-refractivity contribution in [2.24, 2.45) is 0 Å². The van der Waals surface area contributed by atoms with Crippen molar-refractivity contribution in [2.45, 2.75) is 31.2 Å². The molecule has 0 spiro atoms. The predicted molar refractivity (Wildman–Crippen MR) is 105 cm³/mol. The monoisotopic (exact) mass is 407 g/mol. The van der Waals surface area contributed by atoms with Crippen LogP contribution in [0.3, 0.4) is 0 Å². The summed E-state index contributed by atoms with van der Waals surface area (Å²) in [6, 6.07) is 4.93. The van der Waals surface area contributed by atoms with Crippen molar-refractivity contribution >= 4 is 43.4 Å². The van der Waals surface area contributed by atoms with E-state index in [-0.39, 0.29) is 17.2 Å². The molecule has 10 heteroatoms. The number of benzene rings is 1. The predicted octanol–water partition coefficient (Wildman–Crippen LogP) is 2.33. The molecular formula is C17H21N5O3S2. The summed E-state index contributed by atoms with van der Waals surface area (Å²) in [4.78, 5) is 20.9. The van der Waals surface area contributed by atoms with Crippen LogP contribution in [0.5, 0.6) is 0 Å². The Morgan fingerprint density at radius 1 is 1.33 bits per heavy atom. The molecule has 0 fully saturated rings. The molecule has 0 bridgehead atoms. The molecule has 1 aromatic carbocycles. The third-order valence-electron chi connectivity index (χ3n) is 4.15. The van der Waals surface area contributed by atoms with Gasteiger partial charge in [0.1, 0.15) is 5.82 Å². The summed E-state index contributed by atoms with van der Waals surface area (Å²) in [6.45, 7) is 2.67. The lowest BCUT2D eigenvalue weighted by atomic mass is 10.3. The van der Waals surface area contributed by atoms with E-state index >= 15 is 0 Å². The molecule has 8 nitrogen and oxygen atoms in total. The highest BCUT2D eigenvalue weighted by molar-refractivity contribution is 7.89. The molecule has 27 heavy (non-hydrogen) atoms. The van der Waals surface area contributed by atoms with Gasteiger partial charge < -0.3 is 9.88 Å². The molecular weight excluding hydrogens is 386 g/mol. The molecule has 0 aliphatic rings. The van der Waals surface area contributed by atoms with E-state index in [1.807, 2.05) is 11.5 Å². The van der Waals surface area contributed by atoms with Crippen LogP contribution in [-0.2, 0) is 27.8 Å². The Kier molecular flexibility index (Phi) is 5.59. The van der Waals surface area contributed by atoms with Crippen LogP contribution in [-0.4, -0.2) is 47.3 Å². The van der Waals surface area contributed by atoms with Gasteiger partial charge in [-0.2, -0.15) is 0 Å². The van der Waals surface area contributed by atoms with Crippen LogP contribution in [0.4, 0.5) is 5.13 Å². The summed E-state index contributed by atoms with van der Waals surface area (Å²) in [5.41, 5.74) is 1.46. The van der Waals surface area contributed by atoms with Crippen molar-refractivity contribution in [3.63, 3.8) is 0 Å². The zero-order valence-electron chi connectivity index (χ0n) is 15.3. The standard InChI is InChI=1S/C17H21N5O3S2/c1-4-22-14-6-5-12(27(24,25)21(2)3)11-13(14)19-15(22)7-8-16(23)20-17-18-9-10-26-17/h5-6,9-11H,4,7-8H2,1-3H3,(H,18,20,23). The molecule has 2 heterocycles. The number of thiazole rings is 1. The number of hydrogen-bond donors (Lipinski definition) is 1. The Balaban J connectivity index is 1.84. The normalized spacial score (nSPS) is 12.0. The van der Waals surface area contributed by atoms with Crippen LogP contribution in [0.2, 0.25) is 0 Å². The third-order valence-corrected chi connectivity index (χ3v) is 6.65. The number of anilines is 1. The number of sulfonamides is 1. The van der Waals surface area contributed by atoms with E-state index in [0.29, 0.717) is 23.6 Å². The first kappa shape index (κ1) is 19.5. The summed E-state index contributed by atoms with van der Waals surface area (Å²) in [6.07, 6.45) is 2.36. The first-order chi connectivity index (χ1) is 12.8. The van der Waals surface area contributed by atoms with E-state index < -0.39 is 10.0 Å². The molecule has 0 atom stereocenters. The topological polar surface area (TPSA) is 97.2 Å². The number of aryl methyl sites for hydroxylation is 2. The molecule has 0 unspecified atom stereocenters. The van der Waals surface area contributed by atoms with Crippen LogP contribution in [0, 0.1) is 0 Å². The third kappa shape index (κ3) is 4.02. The first-order valence-electron chi connectivity index (χ1n) is 8.44. The molecule has 1 amide bonds. The SMILES string of the molecule is CCn1c(CCC(=O)Nc2nccs2)nc2cc(S(=O)(=O)N(C)C)ccc21. The van der Waals surface area contributed by atoms with Gasteiger partial charge in [0.25, 0.3) is 0 Å². The average Bonchev–Trinajstić information content (AvgIpc) is 3.25. The van der Waals surface area contributed by atoms with Gasteiger partial charge in [-0.1, -0.05) is 0 Å². The van der Waals surface area contributed by atoms with Crippen molar-refractivity contribution in [2.75, 3.05) is 19.4 Å². The van der Waals surface area contributed by atoms with E-state index in [4.69, 9.17) is 0 Å². The molecule has 0 aliphatic heterocycles. The molecule has 0 saturated heterocycles. The minimum absolute atomic E-state index is 0.129. The Morgan fingerprint density at radius 2 is 2.11 bits per heavy atom. The van der Waals surface area contributed by atoms with Crippen LogP contribution < -0.4 is 5.32 Å². The van der Waals surface area contributed by atoms with Crippen LogP contribution in [0.15, 0.2) is 34.7 Å². The van der Waals surface area contributed by atoms with Crippen LogP contribution in [0.25, 0.3) is 11.0 Å². The number of amides is 1. The van der Waals surface area contributed by atoms with E-state index in [2.05, 4.69) is 15.3 Å². The molecule has 0 saturated carbocycles. The minimum atomic E-state index is -3.52. The molecule has 3 aromatic rings. The number of aromatic nitrogens is 3. The number of carbonyl (C=O) groups is 1. The summed E-state index contributed by atoms with van der Waals surface area (Å²) in [7, 11) is -0.526. The Morgan fingerprint density at radius 3 is 2.74 bits per heavy atom. The minimum Gasteiger partial charge on any atom is -0.328 e. The second-order valence-electron chi connectivity index (χ2n) is 6.10. The second-order valence-corrected chi connectivity index (χ2v) is 9.14. The van der Waals surface area contributed by atoms with Gasteiger partial charge in [0.05, 0.1) is 15.9 Å². The largest absolute Gasteiger partial charge is 0.328 e. The average molecular weight is 408 g/mol.